The van der Waals surface area contributed by atoms with Gasteiger partial charge in [-0.1, -0.05) is 39.5 Å². The van der Waals surface area contributed by atoms with Gasteiger partial charge in [0.1, 0.15) is 5.76 Å². The third kappa shape index (κ3) is 3.42. The maximum absolute atomic E-state index is 5.81. The molecule has 2 rings (SSSR count). The second kappa shape index (κ2) is 7.14. The molecule has 1 N–H and O–H groups in total. The van der Waals surface area contributed by atoms with Gasteiger partial charge in [-0.25, -0.2) is 0 Å². The zero-order valence-electron chi connectivity index (χ0n) is 12.7. The highest BCUT2D eigenvalue weighted by atomic mass is 16.3. The van der Waals surface area contributed by atoms with Crippen molar-refractivity contribution >= 4 is 0 Å². The van der Waals surface area contributed by atoms with Crippen LogP contribution < -0.4 is 5.32 Å². The number of aryl methyl sites for hydroxylation is 1. The lowest BCUT2D eigenvalue weighted by atomic mass is 9.73. The molecule has 3 unspecified atom stereocenters. The highest BCUT2D eigenvalue weighted by Gasteiger charge is 2.33. The lowest BCUT2D eigenvalue weighted by molar-refractivity contribution is 0.161. The summed E-state index contributed by atoms with van der Waals surface area (Å²) in [6.07, 6.45) is 9.85. The fourth-order valence-electron chi connectivity index (χ4n) is 3.62. The molecule has 0 spiro atoms. The molecule has 0 aliphatic heterocycles. The van der Waals surface area contributed by atoms with Crippen LogP contribution in [0.25, 0.3) is 0 Å². The summed E-state index contributed by atoms with van der Waals surface area (Å²) in [7, 11) is 0. The van der Waals surface area contributed by atoms with Crippen LogP contribution in [-0.2, 0) is 0 Å². The monoisotopic (exact) mass is 263 g/mol. The third-order valence-corrected chi connectivity index (χ3v) is 4.72. The van der Waals surface area contributed by atoms with Crippen LogP contribution in [0.15, 0.2) is 16.7 Å². The first-order valence-corrected chi connectivity index (χ1v) is 8.05. The Balaban J connectivity index is 2.18. The summed E-state index contributed by atoms with van der Waals surface area (Å²) >= 11 is 0. The molecule has 0 aromatic carbocycles. The zero-order chi connectivity index (χ0) is 13.7. The molecule has 1 aromatic heterocycles. The average molecular weight is 263 g/mol. The summed E-state index contributed by atoms with van der Waals surface area (Å²) in [5.74, 6) is 2.78. The minimum Gasteiger partial charge on any atom is -0.467 e. The van der Waals surface area contributed by atoms with Crippen molar-refractivity contribution in [2.24, 2.45) is 11.8 Å². The van der Waals surface area contributed by atoms with Gasteiger partial charge in [0.05, 0.1) is 12.3 Å². The van der Waals surface area contributed by atoms with Gasteiger partial charge in [-0.2, -0.15) is 0 Å². The van der Waals surface area contributed by atoms with Crippen LogP contribution in [0.4, 0.5) is 0 Å². The largest absolute Gasteiger partial charge is 0.467 e. The van der Waals surface area contributed by atoms with Crippen LogP contribution in [0.1, 0.15) is 69.7 Å². The van der Waals surface area contributed by atoms with Gasteiger partial charge in [0.15, 0.2) is 0 Å². The molecule has 1 aromatic rings. The van der Waals surface area contributed by atoms with Gasteiger partial charge in [-0.15, -0.1) is 0 Å². The SMILES string of the molecule is CCCNC(c1occc1C)C1CCCCC1CC. The summed E-state index contributed by atoms with van der Waals surface area (Å²) < 4.78 is 5.81. The second-order valence-corrected chi connectivity index (χ2v) is 6.02. The van der Waals surface area contributed by atoms with Gasteiger partial charge < -0.3 is 9.73 Å². The number of hydrogen-bond acceptors (Lipinski definition) is 2. The third-order valence-electron chi connectivity index (χ3n) is 4.72. The Morgan fingerprint density at radius 3 is 2.74 bits per heavy atom. The van der Waals surface area contributed by atoms with Gasteiger partial charge in [-0.3, -0.25) is 0 Å². The first-order valence-electron chi connectivity index (χ1n) is 8.05. The molecular formula is C17H29NO. The van der Waals surface area contributed by atoms with Gasteiger partial charge >= 0.3 is 0 Å². The maximum atomic E-state index is 5.81. The lowest BCUT2D eigenvalue weighted by Gasteiger charge is -2.36. The molecule has 1 heterocycles. The Labute approximate surface area is 118 Å². The van der Waals surface area contributed by atoms with Gasteiger partial charge in [0, 0.05) is 0 Å². The number of hydrogen-bond donors (Lipinski definition) is 1. The summed E-state index contributed by atoms with van der Waals surface area (Å²) in [4.78, 5) is 0. The van der Waals surface area contributed by atoms with Crippen molar-refractivity contribution in [2.45, 2.75) is 65.3 Å². The molecule has 0 saturated heterocycles. The summed E-state index contributed by atoms with van der Waals surface area (Å²) in [6, 6.07) is 2.51. The highest BCUT2D eigenvalue weighted by Crippen LogP contribution is 2.41. The molecular weight excluding hydrogens is 234 g/mol. The first-order chi connectivity index (χ1) is 9.27. The van der Waals surface area contributed by atoms with Crippen molar-refractivity contribution in [1.82, 2.24) is 5.32 Å². The van der Waals surface area contributed by atoms with E-state index in [-0.39, 0.29) is 0 Å². The first kappa shape index (κ1) is 14.6. The molecule has 1 aliphatic carbocycles. The van der Waals surface area contributed by atoms with E-state index in [0.717, 1.165) is 18.4 Å². The lowest BCUT2D eigenvalue weighted by Crippen LogP contribution is -2.35. The van der Waals surface area contributed by atoms with Crippen LogP contribution >= 0.6 is 0 Å². The highest BCUT2D eigenvalue weighted by molar-refractivity contribution is 5.19. The summed E-state index contributed by atoms with van der Waals surface area (Å²) in [5, 5.41) is 3.75. The minimum absolute atomic E-state index is 0.417. The van der Waals surface area contributed by atoms with Gasteiger partial charge in [0.2, 0.25) is 0 Å². The molecule has 0 amide bonds. The second-order valence-electron chi connectivity index (χ2n) is 6.02. The van der Waals surface area contributed by atoms with Gasteiger partial charge in [0.25, 0.3) is 0 Å². The molecule has 2 heteroatoms. The summed E-state index contributed by atoms with van der Waals surface area (Å²) in [6.45, 7) is 7.83. The predicted octanol–water partition coefficient (Wildman–Crippen LogP) is 4.85. The van der Waals surface area contributed by atoms with Crippen LogP contribution in [-0.4, -0.2) is 6.54 Å². The van der Waals surface area contributed by atoms with Gasteiger partial charge in [-0.05, 0) is 49.8 Å². The van der Waals surface area contributed by atoms with Crippen LogP contribution in [0.3, 0.4) is 0 Å². The van der Waals surface area contributed by atoms with Crippen molar-refractivity contribution in [3.8, 4) is 0 Å². The molecule has 1 saturated carbocycles. The van der Waals surface area contributed by atoms with E-state index in [1.165, 1.54) is 49.8 Å². The normalized spacial score (nSPS) is 25.4. The maximum Gasteiger partial charge on any atom is 0.123 e. The van der Waals surface area contributed by atoms with Crippen molar-refractivity contribution < 1.29 is 4.42 Å². The standard InChI is InChI=1S/C17H29NO/c1-4-11-18-16(17-13(3)10-12-19-17)15-9-7-6-8-14(15)5-2/h10,12,14-16,18H,4-9,11H2,1-3H3. The topological polar surface area (TPSA) is 25.2 Å². The zero-order valence-corrected chi connectivity index (χ0v) is 12.7. The molecule has 108 valence electrons. The smallest absolute Gasteiger partial charge is 0.123 e. The van der Waals surface area contributed by atoms with E-state index < -0.39 is 0 Å². The Bertz CT molecular complexity index is 371. The molecule has 19 heavy (non-hydrogen) atoms. The van der Waals surface area contributed by atoms with Crippen molar-refractivity contribution in [3.63, 3.8) is 0 Å². The minimum atomic E-state index is 0.417. The van der Waals surface area contributed by atoms with Crippen molar-refractivity contribution in [3.05, 3.63) is 23.7 Å². The average Bonchev–Trinajstić information content (AvgIpc) is 2.86. The molecule has 1 aliphatic rings. The quantitative estimate of drug-likeness (QED) is 0.794. The van der Waals surface area contributed by atoms with E-state index in [1.807, 2.05) is 6.26 Å². The Morgan fingerprint density at radius 1 is 1.32 bits per heavy atom. The van der Waals surface area contributed by atoms with E-state index in [4.69, 9.17) is 4.42 Å². The van der Waals surface area contributed by atoms with Crippen LogP contribution in [0.2, 0.25) is 0 Å². The Morgan fingerprint density at radius 2 is 2.11 bits per heavy atom. The molecule has 0 bridgehead atoms. The van der Waals surface area contributed by atoms with Crippen LogP contribution in [0, 0.1) is 18.8 Å². The van der Waals surface area contributed by atoms with E-state index in [1.54, 1.807) is 0 Å². The Hall–Kier alpha value is -0.760. The Kier molecular flexibility index (Phi) is 5.50. The fourth-order valence-corrected chi connectivity index (χ4v) is 3.62. The number of rotatable bonds is 6. The molecule has 1 fully saturated rings. The van der Waals surface area contributed by atoms with Crippen molar-refractivity contribution in [2.75, 3.05) is 6.54 Å². The van der Waals surface area contributed by atoms with E-state index in [9.17, 15) is 0 Å². The molecule has 0 radical (unpaired) electrons. The molecule has 3 atom stereocenters. The van der Waals surface area contributed by atoms with Crippen LogP contribution in [0.5, 0.6) is 0 Å². The van der Waals surface area contributed by atoms with E-state index in [2.05, 4.69) is 32.2 Å². The number of nitrogens with one attached hydrogen (secondary N) is 1. The fraction of sp³-hybridized carbons (Fsp3) is 0.765. The van der Waals surface area contributed by atoms with E-state index in [0.29, 0.717) is 6.04 Å². The molecule has 2 nitrogen and oxygen atoms in total. The predicted molar refractivity (Wildman–Crippen MR) is 80.2 cm³/mol. The number of furan rings is 1. The van der Waals surface area contributed by atoms with E-state index >= 15 is 0 Å². The van der Waals surface area contributed by atoms with Crippen molar-refractivity contribution in [1.29, 1.82) is 0 Å². The summed E-state index contributed by atoms with van der Waals surface area (Å²) in [5.41, 5.74) is 1.30.